The van der Waals surface area contributed by atoms with E-state index in [2.05, 4.69) is 31.9 Å². The molecule has 31 heavy (non-hydrogen) atoms. The van der Waals surface area contributed by atoms with Crippen LogP contribution in [-0.2, 0) is 19.8 Å². The number of amides is 5. The molecule has 1 saturated heterocycles. The summed E-state index contributed by atoms with van der Waals surface area (Å²) in [6, 6.07) is 14.2. The monoisotopic (exact) mass is 484 g/mol. The van der Waals surface area contributed by atoms with Crippen LogP contribution >= 0.6 is 15.9 Å². The fourth-order valence-electron chi connectivity index (χ4n) is 3.56. The summed E-state index contributed by atoms with van der Waals surface area (Å²) in [5.74, 6) is -0.694. The molecule has 0 unspecified atom stereocenters. The van der Waals surface area contributed by atoms with Gasteiger partial charge in [-0.25, -0.2) is 4.79 Å². The maximum absolute atomic E-state index is 12.9. The summed E-state index contributed by atoms with van der Waals surface area (Å²) in [5, 5.41) is 8.10. The molecule has 160 valence electrons. The third kappa shape index (κ3) is 4.61. The van der Waals surface area contributed by atoms with Crippen LogP contribution in [0, 0.1) is 0 Å². The number of hydrogen-bond acceptors (Lipinski definition) is 4. The lowest BCUT2D eigenvalue weighted by Gasteiger charge is -2.16. The largest absolute Gasteiger partial charge is 0.329 e. The van der Waals surface area contributed by atoms with Crippen molar-refractivity contribution >= 4 is 51.1 Å². The van der Waals surface area contributed by atoms with Crippen molar-refractivity contribution in [3.05, 3.63) is 58.6 Å². The highest BCUT2D eigenvalue weighted by molar-refractivity contribution is 9.10. The maximum atomic E-state index is 12.9. The quantitative estimate of drug-likeness (QED) is 0.524. The zero-order valence-corrected chi connectivity index (χ0v) is 18.2. The number of carbonyl (C=O) groups is 4. The molecular formula is C22H21BrN4O4. The van der Waals surface area contributed by atoms with E-state index in [1.54, 1.807) is 24.3 Å². The second-order valence-corrected chi connectivity index (χ2v) is 8.54. The summed E-state index contributed by atoms with van der Waals surface area (Å²) in [6.45, 7) is -0.00120. The van der Waals surface area contributed by atoms with Gasteiger partial charge in [-0.1, -0.05) is 28.1 Å². The van der Waals surface area contributed by atoms with Crippen LogP contribution in [0.4, 0.5) is 16.2 Å². The standard InChI is InChI=1S/C22H21BrN4O4/c23-15-3-1-2-14(12-15)22(9-10-22)20(30)26-17-6-4-16(5-7-17)25-18(28)8-11-27-19(29)13-24-21(27)31/h1-7,12H,8-11,13H2,(H,24,31)(H,25,28)(H,26,30). The number of carbonyl (C=O) groups excluding carboxylic acids is 4. The zero-order chi connectivity index (χ0) is 22.0. The first kappa shape index (κ1) is 21.0. The summed E-state index contributed by atoms with van der Waals surface area (Å²) in [5.41, 5.74) is 1.71. The van der Waals surface area contributed by atoms with Crippen molar-refractivity contribution in [1.82, 2.24) is 10.2 Å². The van der Waals surface area contributed by atoms with Gasteiger partial charge in [-0.15, -0.1) is 0 Å². The summed E-state index contributed by atoms with van der Waals surface area (Å²) < 4.78 is 0.943. The highest BCUT2D eigenvalue weighted by Gasteiger charge is 2.51. The molecule has 0 aromatic heterocycles. The Kier molecular flexibility index (Phi) is 5.77. The average molecular weight is 485 g/mol. The van der Waals surface area contributed by atoms with Gasteiger partial charge in [-0.2, -0.15) is 0 Å². The topological polar surface area (TPSA) is 108 Å². The van der Waals surface area contributed by atoms with Gasteiger partial charge >= 0.3 is 6.03 Å². The van der Waals surface area contributed by atoms with Gasteiger partial charge in [-0.3, -0.25) is 19.3 Å². The molecule has 0 spiro atoms. The Bertz CT molecular complexity index is 1030. The SMILES string of the molecule is O=C(CCN1C(=O)CNC1=O)Nc1ccc(NC(=O)C2(c3cccc(Br)c3)CC2)cc1. The van der Waals surface area contributed by atoms with Crippen molar-refractivity contribution in [3.63, 3.8) is 0 Å². The van der Waals surface area contributed by atoms with Crippen LogP contribution < -0.4 is 16.0 Å². The molecule has 8 nitrogen and oxygen atoms in total. The van der Waals surface area contributed by atoms with E-state index < -0.39 is 11.4 Å². The Balaban J connectivity index is 1.31. The number of anilines is 2. The number of nitrogens with one attached hydrogen (secondary N) is 3. The Labute approximate surface area is 187 Å². The van der Waals surface area contributed by atoms with Gasteiger partial charge in [0.1, 0.15) is 0 Å². The number of benzene rings is 2. The molecule has 1 saturated carbocycles. The molecule has 9 heteroatoms. The minimum atomic E-state index is -0.490. The van der Waals surface area contributed by atoms with Gasteiger partial charge in [0.05, 0.1) is 12.0 Å². The molecule has 5 amide bonds. The van der Waals surface area contributed by atoms with E-state index in [0.29, 0.717) is 11.4 Å². The van der Waals surface area contributed by atoms with Crippen LogP contribution in [0.2, 0.25) is 0 Å². The van der Waals surface area contributed by atoms with Crippen LogP contribution in [0.15, 0.2) is 53.0 Å². The number of nitrogens with zero attached hydrogens (tertiary/aromatic N) is 1. The van der Waals surface area contributed by atoms with E-state index in [1.165, 1.54) is 0 Å². The molecule has 2 fully saturated rings. The van der Waals surface area contributed by atoms with Gasteiger partial charge in [0.15, 0.2) is 0 Å². The lowest BCUT2D eigenvalue weighted by atomic mass is 9.95. The fourth-order valence-corrected chi connectivity index (χ4v) is 3.96. The summed E-state index contributed by atoms with van der Waals surface area (Å²) in [4.78, 5) is 49.0. The molecule has 2 aromatic rings. The van der Waals surface area contributed by atoms with Gasteiger partial charge in [0.25, 0.3) is 0 Å². The summed E-state index contributed by atoms with van der Waals surface area (Å²) >= 11 is 3.46. The highest BCUT2D eigenvalue weighted by atomic mass is 79.9. The lowest BCUT2D eigenvalue weighted by Crippen LogP contribution is -2.33. The van der Waals surface area contributed by atoms with Crippen LogP contribution in [0.5, 0.6) is 0 Å². The first-order chi connectivity index (χ1) is 14.9. The van der Waals surface area contributed by atoms with E-state index in [9.17, 15) is 19.2 Å². The van der Waals surface area contributed by atoms with Crippen molar-refractivity contribution in [1.29, 1.82) is 0 Å². The van der Waals surface area contributed by atoms with E-state index in [0.717, 1.165) is 27.8 Å². The summed E-state index contributed by atoms with van der Waals surface area (Å²) in [7, 11) is 0. The fraction of sp³-hybridized carbons (Fsp3) is 0.273. The van der Waals surface area contributed by atoms with Crippen LogP contribution in [0.25, 0.3) is 0 Å². The first-order valence-electron chi connectivity index (χ1n) is 9.93. The smallest absolute Gasteiger partial charge is 0.324 e. The Hall–Kier alpha value is -3.20. The number of hydrogen-bond donors (Lipinski definition) is 3. The predicted octanol–water partition coefficient (Wildman–Crippen LogP) is 3.00. The van der Waals surface area contributed by atoms with Gasteiger partial charge < -0.3 is 16.0 Å². The number of urea groups is 1. The Morgan fingerprint density at radius 1 is 1.03 bits per heavy atom. The van der Waals surface area contributed by atoms with Gasteiger partial charge in [-0.05, 0) is 54.8 Å². The van der Waals surface area contributed by atoms with E-state index in [-0.39, 0.29) is 37.2 Å². The molecule has 0 atom stereocenters. The second kappa shape index (κ2) is 8.50. The molecule has 1 heterocycles. The van der Waals surface area contributed by atoms with Crippen LogP contribution in [0.1, 0.15) is 24.8 Å². The molecule has 2 aromatic carbocycles. The molecule has 2 aliphatic rings. The number of imide groups is 1. The van der Waals surface area contributed by atoms with Gasteiger partial charge in [0.2, 0.25) is 17.7 Å². The highest BCUT2D eigenvalue weighted by Crippen LogP contribution is 2.49. The van der Waals surface area contributed by atoms with Crippen molar-refractivity contribution in [3.8, 4) is 0 Å². The van der Waals surface area contributed by atoms with Crippen LogP contribution in [-0.4, -0.2) is 41.7 Å². The molecule has 0 radical (unpaired) electrons. The number of halogens is 1. The first-order valence-corrected chi connectivity index (χ1v) is 10.7. The minimum absolute atomic E-state index is 0.00675. The van der Waals surface area contributed by atoms with Gasteiger partial charge in [0, 0.05) is 28.8 Å². The van der Waals surface area contributed by atoms with E-state index in [1.807, 2.05) is 24.3 Å². The third-order valence-corrected chi connectivity index (χ3v) is 5.98. The third-order valence-electron chi connectivity index (χ3n) is 5.49. The second-order valence-electron chi connectivity index (χ2n) is 7.63. The zero-order valence-electron chi connectivity index (χ0n) is 16.6. The molecule has 4 rings (SSSR count). The normalized spacial score (nSPS) is 16.6. The minimum Gasteiger partial charge on any atom is -0.329 e. The molecule has 1 aliphatic heterocycles. The molecule has 0 bridgehead atoms. The van der Waals surface area contributed by atoms with E-state index in [4.69, 9.17) is 0 Å². The molecular weight excluding hydrogens is 464 g/mol. The Morgan fingerprint density at radius 3 is 2.29 bits per heavy atom. The van der Waals surface area contributed by atoms with Crippen molar-refractivity contribution < 1.29 is 19.2 Å². The predicted molar refractivity (Wildman–Crippen MR) is 118 cm³/mol. The summed E-state index contributed by atoms with van der Waals surface area (Å²) in [6.07, 6.45) is 1.62. The lowest BCUT2D eigenvalue weighted by molar-refractivity contribution is -0.125. The van der Waals surface area contributed by atoms with E-state index >= 15 is 0 Å². The van der Waals surface area contributed by atoms with Crippen molar-refractivity contribution in [2.75, 3.05) is 23.7 Å². The van der Waals surface area contributed by atoms with Crippen molar-refractivity contribution in [2.45, 2.75) is 24.7 Å². The molecule has 1 aliphatic carbocycles. The Morgan fingerprint density at radius 2 is 1.71 bits per heavy atom. The molecule has 3 N–H and O–H groups in total. The van der Waals surface area contributed by atoms with Crippen molar-refractivity contribution in [2.24, 2.45) is 0 Å². The van der Waals surface area contributed by atoms with Crippen LogP contribution in [0.3, 0.4) is 0 Å². The maximum Gasteiger partial charge on any atom is 0.324 e. The number of rotatable bonds is 7. The average Bonchev–Trinajstić information content (AvgIpc) is 3.50.